The third kappa shape index (κ3) is 5.64. The normalized spacial score (nSPS) is 17.5. The van der Waals surface area contributed by atoms with E-state index < -0.39 is 21.6 Å². The quantitative estimate of drug-likeness (QED) is 0.542. The molecule has 1 aliphatic rings. The number of hydrogen-bond acceptors (Lipinski definition) is 7. The number of anilines is 2. The number of aryl methyl sites for hydroxylation is 2. The first-order chi connectivity index (χ1) is 16.4. The molecule has 1 atom stereocenters. The molecule has 2 aromatic heterocycles. The van der Waals surface area contributed by atoms with Gasteiger partial charge in [0.2, 0.25) is 5.92 Å². The number of hydrogen-bond donors (Lipinski definition) is 2. The van der Waals surface area contributed by atoms with Gasteiger partial charge in [0.05, 0.1) is 27.2 Å². The number of carbonyl (C=O) groups excluding carboxylic acids is 1. The van der Waals surface area contributed by atoms with Gasteiger partial charge in [-0.05, 0) is 31.5 Å². The van der Waals surface area contributed by atoms with Crippen LogP contribution in [0.5, 0.6) is 0 Å². The number of halogens is 2. The lowest BCUT2D eigenvalue weighted by Crippen LogP contribution is -2.30. The average molecular weight is 504 g/mol. The Morgan fingerprint density at radius 1 is 1.23 bits per heavy atom. The topological polar surface area (TPSA) is 117 Å². The van der Waals surface area contributed by atoms with Crippen LogP contribution < -0.4 is 10.2 Å². The van der Waals surface area contributed by atoms with Crippen molar-refractivity contribution in [2.24, 2.45) is 7.05 Å². The highest BCUT2D eigenvalue weighted by Gasteiger charge is 2.34. The van der Waals surface area contributed by atoms with E-state index in [2.05, 4.69) is 20.4 Å². The van der Waals surface area contributed by atoms with Crippen molar-refractivity contribution in [3.8, 4) is 11.4 Å². The van der Waals surface area contributed by atoms with Gasteiger partial charge in [0.15, 0.2) is 5.82 Å². The summed E-state index contributed by atoms with van der Waals surface area (Å²) in [6.07, 6.45) is 4.34. The van der Waals surface area contributed by atoms with Crippen LogP contribution in [0.4, 0.5) is 20.3 Å². The molecule has 9 nitrogen and oxygen atoms in total. The maximum Gasteiger partial charge on any atom is 0.261 e. The molecule has 12 heteroatoms. The average Bonchev–Trinajstić information content (AvgIpc) is 3.12. The number of benzene rings is 1. The molecule has 0 aliphatic carbocycles. The van der Waals surface area contributed by atoms with Crippen LogP contribution in [0.2, 0.25) is 0 Å². The Morgan fingerprint density at radius 2 is 2.00 bits per heavy atom. The van der Waals surface area contributed by atoms with E-state index in [-0.39, 0.29) is 42.1 Å². The molecule has 2 N–H and O–H groups in total. The van der Waals surface area contributed by atoms with Crippen LogP contribution in [-0.2, 0) is 16.8 Å². The molecule has 1 aliphatic heterocycles. The van der Waals surface area contributed by atoms with Crippen LogP contribution >= 0.6 is 0 Å². The molecular weight excluding hydrogens is 476 g/mol. The maximum absolute atomic E-state index is 14.1. The molecule has 1 fully saturated rings. The van der Waals surface area contributed by atoms with Crippen LogP contribution in [0.1, 0.15) is 35.3 Å². The summed E-state index contributed by atoms with van der Waals surface area (Å²) < 4.78 is 49.7. The highest BCUT2D eigenvalue weighted by Crippen LogP contribution is 2.32. The fourth-order valence-electron chi connectivity index (χ4n) is 4.00. The van der Waals surface area contributed by atoms with Crippen molar-refractivity contribution in [2.45, 2.75) is 37.0 Å². The van der Waals surface area contributed by atoms with Crippen LogP contribution in [0.25, 0.3) is 11.4 Å². The molecule has 1 saturated heterocycles. The predicted molar refractivity (Wildman–Crippen MR) is 129 cm³/mol. The first-order valence-electron chi connectivity index (χ1n) is 11.1. The minimum Gasteiger partial charge on any atom is -0.356 e. The molecule has 0 saturated carbocycles. The van der Waals surface area contributed by atoms with Crippen molar-refractivity contribution in [3.05, 3.63) is 47.9 Å². The third-order valence-corrected chi connectivity index (χ3v) is 6.97. The minimum absolute atomic E-state index is 0.0441. The highest BCUT2D eigenvalue weighted by molar-refractivity contribution is 7.91. The van der Waals surface area contributed by atoms with Crippen molar-refractivity contribution in [3.63, 3.8) is 0 Å². The molecule has 1 amide bonds. The second-order valence-corrected chi connectivity index (χ2v) is 10.9. The van der Waals surface area contributed by atoms with Crippen molar-refractivity contribution < 1.29 is 17.8 Å². The van der Waals surface area contributed by atoms with Crippen molar-refractivity contribution >= 4 is 27.1 Å². The summed E-state index contributed by atoms with van der Waals surface area (Å²) >= 11 is 0. The van der Waals surface area contributed by atoms with E-state index in [9.17, 15) is 17.8 Å². The van der Waals surface area contributed by atoms with E-state index >= 15 is 0 Å². The fraction of sp³-hybridized carbons (Fsp3) is 0.391. The Bertz CT molecular complexity index is 1370. The predicted octanol–water partition coefficient (Wildman–Crippen LogP) is 4.10. The fourth-order valence-corrected chi connectivity index (χ4v) is 4.69. The molecule has 0 spiro atoms. The van der Waals surface area contributed by atoms with Crippen LogP contribution in [-0.4, -0.2) is 55.1 Å². The van der Waals surface area contributed by atoms with Crippen molar-refractivity contribution in [1.29, 1.82) is 4.78 Å². The Hall–Kier alpha value is -3.41. The summed E-state index contributed by atoms with van der Waals surface area (Å²) in [4.78, 5) is 24.6. The summed E-state index contributed by atoms with van der Waals surface area (Å²) in [6.45, 7) is 2.04. The molecule has 35 heavy (non-hydrogen) atoms. The summed E-state index contributed by atoms with van der Waals surface area (Å²) in [5.41, 5.74) is 1.57. The molecule has 1 aromatic carbocycles. The summed E-state index contributed by atoms with van der Waals surface area (Å²) in [5, 5.41) is 6.91. The maximum atomic E-state index is 14.1. The van der Waals surface area contributed by atoms with E-state index in [0.29, 0.717) is 29.3 Å². The van der Waals surface area contributed by atoms with Gasteiger partial charge >= 0.3 is 0 Å². The SMILES string of the molecule is Cc1nc(-c2cnn(C)c2)nc(N2CCCC(F)(F)CC2)c1C(=O)Nc1cccc(S(C)(=N)=O)c1. The Labute approximate surface area is 202 Å². The third-order valence-electron chi connectivity index (χ3n) is 5.82. The number of aromatic nitrogens is 4. The van der Waals surface area contributed by atoms with Crippen LogP contribution in [0.15, 0.2) is 41.6 Å². The second-order valence-electron chi connectivity index (χ2n) is 8.76. The number of alkyl halides is 2. The van der Waals surface area contributed by atoms with E-state index in [1.54, 1.807) is 54.1 Å². The monoisotopic (exact) mass is 503 g/mol. The van der Waals surface area contributed by atoms with Gasteiger partial charge < -0.3 is 10.2 Å². The van der Waals surface area contributed by atoms with Crippen LogP contribution in [0.3, 0.4) is 0 Å². The molecule has 0 radical (unpaired) electrons. The van der Waals surface area contributed by atoms with Crippen molar-refractivity contribution in [1.82, 2.24) is 19.7 Å². The summed E-state index contributed by atoms with van der Waals surface area (Å²) in [7, 11) is -1.21. The minimum atomic E-state index is -2.97. The van der Waals surface area contributed by atoms with E-state index in [1.807, 2.05) is 0 Å². The smallest absolute Gasteiger partial charge is 0.261 e. The molecule has 1 unspecified atom stereocenters. The second kappa shape index (κ2) is 9.33. The first-order valence-corrected chi connectivity index (χ1v) is 13.1. The van der Waals surface area contributed by atoms with E-state index in [0.717, 1.165) is 0 Å². The molecule has 3 heterocycles. The lowest BCUT2D eigenvalue weighted by Gasteiger charge is -2.25. The first kappa shape index (κ1) is 24.7. The van der Waals surface area contributed by atoms with E-state index in [4.69, 9.17) is 4.78 Å². The molecule has 3 aromatic rings. The summed E-state index contributed by atoms with van der Waals surface area (Å²) in [5.74, 6) is -2.66. The van der Waals surface area contributed by atoms with Gasteiger partial charge in [-0.2, -0.15) is 5.10 Å². The zero-order valence-electron chi connectivity index (χ0n) is 19.7. The molecule has 0 bridgehead atoms. The largest absolute Gasteiger partial charge is 0.356 e. The van der Waals surface area contributed by atoms with Gasteiger partial charge in [0.25, 0.3) is 5.91 Å². The Morgan fingerprint density at radius 3 is 2.69 bits per heavy atom. The molecular formula is C23H27F2N7O2S. The molecule has 4 rings (SSSR count). The lowest BCUT2D eigenvalue weighted by atomic mass is 10.1. The van der Waals surface area contributed by atoms with Gasteiger partial charge in [0.1, 0.15) is 11.4 Å². The Kier molecular flexibility index (Phi) is 6.58. The number of nitrogens with one attached hydrogen (secondary N) is 2. The standard InChI is InChI=1S/C23H27F2N7O2S/c1-15-19(22(33)29-17-6-4-7-18(12-17)35(3,26)34)21(32-10-5-8-23(24,25)9-11-32)30-20(28-15)16-13-27-31(2)14-16/h4,6-7,12-14,26H,5,8-11H2,1-3H3,(H,29,33). The summed E-state index contributed by atoms with van der Waals surface area (Å²) in [6, 6.07) is 6.28. The van der Waals surface area contributed by atoms with Gasteiger partial charge in [-0.15, -0.1) is 0 Å². The zero-order chi connectivity index (χ0) is 25.4. The van der Waals surface area contributed by atoms with Crippen molar-refractivity contribution in [2.75, 3.05) is 29.6 Å². The number of rotatable bonds is 5. The van der Waals surface area contributed by atoms with Gasteiger partial charge in [0, 0.05) is 56.0 Å². The van der Waals surface area contributed by atoms with Gasteiger partial charge in [-0.3, -0.25) is 9.48 Å². The van der Waals surface area contributed by atoms with Gasteiger partial charge in [-0.25, -0.2) is 27.7 Å². The lowest BCUT2D eigenvalue weighted by molar-refractivity contribution is -0.0102. The number of amides is 1. The highest BCUT2D eigenvalue weighted by atomic mass is 32.2. The molecule has 186 valence electrons. The van der Waals surface area contributed by atoms with Gasteiger partial charge in [-0.1, -0.05) is 6.07 Å². The number of nitrogens with zero attached hydrogens (tertiary/aromatic N) is 5. The number of carbonyl (C=O) groups is 1. The Balaban J connectivity index is 1.76. The van der Waals surface area contributed by atoms with E-state index in [1.165, 1.54) is 12.3 Å². The zero-order valence-corrected chi connectivity index (χ0v) is 20.5. The van der Waals surface area contributed by atoms with Crippen LogP contribution in [0, 0.1) is 11.7 Å².